The van der Waals surface area contributed by atoms with Crippen LogP contribution in [0, 0.1) is 0 Å². The zero-order valence-electron chi connectivity index (χ0n) is 9.82. The van der Waals surface area contributed by atoms with Gasteiger partial charge in [0.05, 0.1) is 19.3 Å². The van der Waals surface area contributed by atoms with E-state index >= 15 is 0 Å². The molecule has 5 N–H and O–H groups in total. The second-order valence-electron chi connectivity index (χ2n) is 4.14. The molecule has 0 spiro atoms. The van der Waals surface area contributed by atoms with Crippen molar-refractivity contribution in [3.8, 4) is 17.2 Å². The molecule has 98 valence electrons. The lowest BCUT2D eigenvalue weighted by Crippen LogP contribution is -2.47. The lowest BCUT2D eigenvalue weighted by molar-refractivity contribution is 0.138. The highest BCUT2D eigenvalue weighted by Crippen LogP contribution is 2.34. The Balaban J connectivity index is 2.05. The molecule has 0 saturated carbocycles. The minimum Gasteiger partial charge on any atom is -0.504 e. The number of aromatic hydroxyl groups is 3. The molecule has 0 amide bonds. The number of phenolic OH excluding ortho intramolecular Hbond substituents is 3. The molecule has 1 aromatic carbocycles. The largest absolute Gasteiger partial charge is 0.504 e. The molecule has 2 rings (SSSR count). The molecule has 1 fully saturated rings. The van der Waals surface area contributed by atoms with Crippen molar-refractivity contribution < 1.29 is 15.3 Å². The summed E-state index contributed by atoms with van der Waals surface area (Å²) in [6, 6.07) is 2.66. The van der Waals surface area contributed by atoms with E-state index in [2.05, 4.69) is 5.10 Å². The van der Waals surface area contributed by atoms with Gasteiger partial charge in [0.15, 0.2) is 17.2 Å². The van der Waals surface area contributed by atoms with Crippen LogP contribution in [0.1, 0.15) is 5.56 Å². The van der Waals surface area contributed by atoms with Crippen molar-refractivity contribution in [1.29, 1.82) is 0 Å². The van der Waals surface area contributed by atoms with Crippen LogP contribution in [0.25, 0.3) is 0 Å². The first-order chi connectivity index (χ1) is 8.56. The van der Waals surface area contributed by atoms with E-state index in [-0.39, 0.29) is 11.5 Å². The van der Waals surface area contributed by atoms with Gasteiger partial charge in [0.25, 0.3) is 0 Å². The van der Waals surface area contributed by atoms with Crippen LogP contribution in [0.3, 0.4) is 0 Å². The van der Waals surface area contributed by atoms with Crippen molar-refractivity contribution in [1.82, 2.24) is 10.0 Å². The van der Waals surface area contributed by atoms with Crippen LogP contribution in [-0.4, -0.2) is 57.7 Å². The minimum atomic E-state index is -0.524. The average molecular weight is 252 g/mol. The van der Waals surface area contributed by atoms with Gasteiger partial charge in [0, 0.05) is 18.7 Å². The van der Waals surface area contributed by atoms with Gasteiger partial charge in [0.1, 0.15) is 0 Å². The highest BCUT2D eigenvalue weighted by atomic mass is 16.3. The number of hydrogen-bond donors (Lipinski definition) is 4. The van der Waals surface area contributed by atoms with Gasteiger partial charge >= 0.3 is 0 Å². The van der Waals surface area contributed by atoms with Gasteiger partial charge in [-0.15, -0.1) is 0 Å². The Kier molecular flexibility index (Phi) is 3.54. The number of benzene rings is 1. The molecule has 0 aliphatic carbocycles. The zero-order valence-corrected chi connectivity index (χ0v) is 9.82. The van der Waals surface area contributed by atoms with E-state index in [1.54, 1.807) is 5.01 Å². The van der Waals surface area contributed by atoms with Crippen LogP contribution < -0.4 is 5.84 Å². The highest BCUT2D eigenvalue weighted by molar-refractivity contribution is 5.82. The van der Waals surface area contributed by atoms with Gasteiger partial charge in [-0.2, -0.15) is 5.10 Å². The van der Waals surface area contributed by atoms with Crippen molar-refractivity contribution in [3.05, 3.63) is 17.7 Å². The number of hydrazone groups is 1. The fraction of sp³-hybridized carbons (Fsp3) is 0.364. The van der Waals surface area contributed by atoms with E-state index in [1.807, 2.05) is 5.01 Å². The van der Waals surface area contributed by atoms with Crippen LogP contribution in [0.5, 0.6) is 17.2 Å². The third-order valence-corrected chi connectivity index (χ3v) is 2.75. The van der Waals surface area contributed by atoms with Gasteiger partial charge in [-0.25, -0.2) is 5.01 Å². The summed E-state index contributed by atoms with van der Waals surface area (Å²) in [4.78, 5) is 0. The maximum atomic E-state index is 9.34. The molecular weight excluding hydrogens is 236 g/mol. The maximum Gasteiger partial charge on any atom is 0.200 e. The summed E-state index contributed by atoms with van der Waals surface area (Å²) in [5.74, 6) is 4.35. The zero-order chi connectivity index (χ0) is 13.1. The fourth-order valence-electron chi connectivity index (χ4n) is 1.68. The van der Waals surface area contributed by atoms with E-state index in [4.69, 9.17) is 5.84 Å². The van der Waals surface area contributed by atoms with Crippen molar-refractivity contribution in [3.63, 3.8) is 0 Å². The number of nitrogens with two attached hydrogens (primary N) is 1. The van der Waals surface area contributed by atoms with E-state index in [1.165, 1.54) is 18.3 Å². The minimum absolute atomic E-state index is 0.372. The number of piperazine rings is 1. The highest BCUT2D eigenvalue weighted by Gasteiger charge is 2.12. The first-order valence-electron chi connectivity index (χ1n) is 5.60. The number of nitrogens with zero attached hydrogens (tertiary/aromatic N) is 3. The molecule has 0 bridgehead atoms. The molecule has 0 atom stereocenters. The Morgan fingerprint density at radius 1 is 1.06 bits per heavy atom. The molecule has 0 radical (unpaired) electrons. The second-order valence-corrected chi connectivity index (χ2v) is 4.14. The summed E-state index contributed by atoms with van der Waals surface area (Å²) in [6.07, 6.45) is 1.52. The van der Waals surface area contributed by atoms with Gasteiger partial charge in [0.2, 0.25) is 0 Å². The number of hydrogen-bond acceptors (Lipinski definition) is 7. The SMILES string of the molecule is NN1CCN(/N=C\c2cc(O)c(O)c(O)c2)CC1. The lowest BCUT2D eigenvalue weighted by atomic mass is 10.2. The lowest BCUT2D eigenvalue weighted by Gasteiger charge is -2.29. The standard InChI is InChI=1S/C11H16N4O3/c12-14-1-3-15(4-2-14)13-7-8-5-9(16)11(18)10(17)6-8/h5-7,16-18H,1-4,12H2/b13-7-. The Bertz CT molecular complexity index is 433. The van der Waals surface area contributed by atoms with E-state index < -0.39 is 5.75 Å². The predicted molar refractivity (Wildman–Crippen MR) is 66.4 cm³/mol. The molecule has 0 aromatic heterocycles. The Morgan fingerprint density at radius 3 is 2.17 bits per heavy atom. The number of rotatable bonds is 2. The summed E-state index contributed by atoms with van der Waals surface area (Å²) >= 11 is 0. The Morgan fingerprint density at radius 2 is 1.61 bits per heavy atom. The van der Waals surface area contributed by atoms with E-state index in [0.29, 0.717) is 5.56 Å². The third kappa shape index (κ3) is 2.82. The van der Waals surface area contributed by atoms with Gasteiger partial charge in [-0.1, -0.05) is 0 Å². The van der Waals surface area contributed by atoms with Crippen LogP contribution in [0.15, 0.2) is 17.2 Å². The maximum absolute atomic E-state index is 9.34. The number of hydrazine groups is 1. The monoisotopic (exact) mass is 252 g/mol. The molecule has 0 unspecified atom stereocenters. The van der Waals surface area contributed by atoms with E-state index in [0.717, 1.165) is 26.2 Å². The Labute approximate surface area is 104 Å². The molecule has 1 aliphatic heterocycles. The quantitative estimate of drug-likeness (QED) is 0.325. The molecule has 7 nitrogen and oxygen atoms in total. The van der Waals surface area contributed by atoms with Gasteiger partial charge in [-0.05, 0) is 12.1 Å². The summed E-state index contributed by atoms with van der Waals surface area (Å²) in [7, 11) is 0. The topological polar surface area (TPSA) is 106 Å². The van der Waals surface area contributed by atoms with Crippen molar-refractivity contribution in [2.24, 2.45) is 10.9 Å². The van der Waals surface area contributed by atoms with Crippen LogP contribution in [0.2, 0.25) is 0 Å². The van der Waals surface area contributed by atoms with E-state index in [9.17, 15) is 15.3 Å². The van der Waals surface area contributed by atoms with Crippen LogP contribution in [0.4, 0.5) is 0 Å². The first-order valence-corrected chi connectivity index (χ1v) is 5.60. The molecule has 1 saturated heterocycles. The predicted octanol–water partition coefficient (Wildman–Crippen LogP) is -0.371. The molecule has 18 heavy (non-hydrogen) atoms. The fourth-order valence-corrected chi connectivity index (χ4v) is 1.68. The summed E-state index contributed by atoms with van der Waals surface area (Å²) in [6.45, 7) is 2.93. The average Bonchev–Trinajstić information content (AvgIpc) is 2.35. The molecule has 1 heterocycles. The molecule has 1 aliphatic rings. The van der Waals surface area contributed by atoms with Crippen LogP contribution >= 0.6 is 0 Å². The summed E-state index contributed by atoms with van der Waals surface area (Å²) < 4.78 is 0. The Hall–Kier alpha value is -1.99. The second kappa shape index (κ2) is 5.11. The summed E-state index contributed by atoms with van der Waals surface area (Å²) in [5, 5.41) is 35.7. The summed E-state index contributed by atoms with van der Waals surface area (Å²) in [5.41, 5.74) is 0.512. The smallest absolute Gasteiger partial charge is 0.200 e. The molecule has 7 heteroatoms. The molecular formula is C11H16N4O3. The normalized spacial score (nSPS) is 17.5. The van der Waals surface area contributed by atoms with Gasteiger partial charge < -0.3 is 15.3 Å². The third-order valence-electron chi connectivity index (χ3n) is 2.75. The van der Waals surface area contributed by atoms with Crippen LogP contribution in [-0.2, 0) is 0 Å². The molecule has 1 aromatic rings. The first kappa shape index (κ1) is 12.5. The van der Waals surface area contributed by atoms with Crippen molar-refractivity contribution in [2.75, 3.05) is 26.2 Å². The number of phenols is 3. The van der Waals surface area contributed by atoms with Crippen molar-refractivity contribution >= 4 is 6.21 Å². The van der Waals surface area contributed by atoms with Gasteiger partial charge in [-0.3, -0.25) is 10.9 Å². The van der Waals surface area contributed by atoms with Crippen molar-refractivity contribution in [2.45, 2.75) is 0 Å².